The molecule has 0 bridgehead atoms. The monoisotopic (exact) mass is 362 g/mol. The molecule has 25 heavy (non-hydrogen) atoms. The van der Waals surface area contributed by atoms with Gasteiger partial charge in [-0.3, -0.25) is 0 Å². The van der Waals surface area contributed by atoms with E-state index in [2.05, 4.69) is 0 Å². The summed E-state index contributed by atoms with van der Waals surface area (Å²) in [6, 6.07) is 9.22. The number of alkyl halides is 5. The molecule has 136 valence electrons. The highest BCUT2D eigenvalue weighted by molar-refractivity contribution is 5.48. The van der Waals surface area contributed by atoms with E-state index in [0.29, 0.717) is 0 Å². The van der Waals surface area contributed by atoms with Crippen molar-refractivity contribution >= 4 is 0 Å². The summed E-state index contributed by atoms with van der Waals surface area (Å²) < 4.78 is 78.0. The lowest BCUT2D eigenvalue weighted by atomic mass is 9.80. The third-order valence-corrected chi connectivity index (χ3v) is 3.79. The number of halogens is 5. The number of para-hydroxylation sites is 1. The van der Waals surface area contributed by atoms with Crippen molar-refractivity contribution in [2.24, 2.45) is 0 Å². The molecule has 1 atom stereocenters. The predicted octanol–water partition coefficient (Wildman–Crippen LogP) is 4.14. The molecule has 2 aromatic rings. The zero-order valence-electron chi connectivity index (χ0n) is 13.3. The molecule has 0 radical (unpaired) electrons. The van der Waals surface area contributed by atoms with Gasteiger partial charge in [0.2, 0.25) is 0 Å². The molecule has 0 saturated carbocycles. The van der Waals surface area contributed by atoms with Gasteiger partial charge in [0.1, 0.15) is 11.5 Å². The Morgan fingerprint density at radius 1 is 0.840 bits per heavy atom. The molecule has 3 nitrogen and oxygen atoms in total. The number of rotatable bonds is 5. The summed E-state index contributed by atoms with van der Waals surface area (Å²) in [5.74, 6) is -5.79. The molecular weight excluding hydrogens is 347 g/mol. The van der Waals surface area contributed by atoms with Crippen molar-refractivity contribution in [3.63, 3.8) is 0 Å². The van der Waals surface area contributed by atoms with Crippen molar-refractivity contribution in [2.45, 2.75) is 17.7 Å². The van der Waals surface area contributed by atoms with Gasteiger partial charge in [0.05, 0.1) is 14.2 Å². The maximum Gasteiger partial charge on any atom is 0.457 e. The van der Waals surface area contributed by atoms with E-state index >= 15 is 0 Å². The Morgan fingerprint density at radius 2 is 1.48 bits per heavy atom. The Morgan fingerprint density at radius 3 is 2.04 bits per heavy atom. The molecule has 0 saturated heterocycles. The summed E-state index contributed by atoms with van der Waals surface area (Å²) in [7, 11) is 2.33. The van der Waals surface area contributed by atoms with Crippen LogP contribution in [-0.4, -0.2) is 31.4 Å². The van der Waals surface area contributed by atoms with Gasteiger partial charge in [0, 0.05) is 5.56 Å². The number of hydrogen-bond donors (Lipinski definition) is 1. The smallest absolute Gasteiger partial charge is 0.457 e. The highest BCUT2D eigenvalue weighted by Crippen LogP contribution is 2.53. The summed E-state index contributed by atoms with van der Waals surface area (Å²) in [6.07, 6.45) is -6.01. The lowest BCUT2D eigenvalue weighted by Crippen LogP contribution is -2.55. The van der Waals surface area contributed by atoms with E-state index in [0.717, 1.165) is 25.3 Å². The van der Waals surface area contributed by atoms with Crippen LogP contribution in [0.3, 0.4) is 0 Å². The van der Waals surface area contributed by atoms with Gasteiger partial charge in [0.25, 0.3) is 0 Å². The molecule has 0 amide bonds. The summed E-state index contributed by atoms with van der Waals surface area (Å²) in [4.78, 5) is 0. The van der Waals surface area contributed by atoms with Crippen molar-refractivity contribution < 1.29 is 36.5 Å². The first-order valence-electron chi connectivity index (χ1n) is 7.04. The maximum atomic E-state index is 14.4. The first kappa shape index (κ1) is 19.0. The number of aliphatic hydroxyl groups is 1. The Labute approximate surface area is 140 Å². The molecule has 8 heteroatoms. The minimum Gasteiger partial charge on any atom is -0.497 e. The summed E-state index contributed by atoms with van der Waals surface area (Å²) >= 11 is 0. The zero-order chi connectivity index (χ0) is 18.9. The lowest BCUT2D eigenvalue weighted by Gasteiger charge is -2.38. The van der Waals surface area contributed by atoms with Crippen LogP contribution in [0.25, 0.3) is 0 Å². The van der Waals surface area contributed by atoms with E-state index in [1.807, 2.05) is 0 Å². The van der Waals surface area contributed by atoms with Crippen LogP contribution < -0.4 is 9.47 Å². The minimum atomic E-state index is -6.01. The fraction of sp³-hybridized carbons (Fsp3) is 0.294. The van der Waals surface area contributed by atoms with Gasteiger partial charge >= 0.3 is 12.1 Å². The van der Waals surface area contributed by atoms with Crippen LogP contribution in [0.2, 0.25) is 0 Å². The largest absolute Gasteiger partial charge is 0.497 e. The number of hydrogen-bond acceptors (Lipinski definition) is 3. The van der Waals surface area contributed by atoms with E-state index < -0.39 is 28.8 Å². The second-order valence-electron chi connectivity index (χ2n) is 5.21. The molecule has 0 aliphatic carbocycles. The number of methoxy groups -OCH3 is 2. The first-order valence-corrected chi connectivity index (χ1v) is 7.04. The van der Waals surface area contributed by atoms with E-state index in [1.54, 1.807) is 0 Å². The van der Waals surface area contributed by atoms with Crippen LogP contribution in [0.1, 0.15) is 11.1 Å². The van der Waals surface area contributed by atoms with Gasteiger partial charge in [-0.25, -0.2) is 0 Å². The Hall–Kier alpha value is -2.35. The van der Waals surface area contributed by atoms with Crippen LogP contribution in [-0.2, 0) is 5.60 Å². The van der Waals surface area contributed by atoms with E-state index in [1.165, 1.54) is 37.4 Å². The standard InChI is InChI=1S/C17H15F5O3/c1-24-12-7-5-6-11(10-12)15(23,16(18,19)17(20,21)22)13-8-3-4-9-14(13)25-2/h3-10,23H,1-2H3. The van der Waals surface area contributed by atoms with Gasteiger partial charge in [-0.05, 0) is 23.8 Å². The normalized spacial score (nSPS) is 14.7. The molecule has 0 aliphatic rings. The highest BCUT2D eigenvalue weighted by atomic mass is 19.4. The lowest BCUT2D eigenvalue weighted by molar-refractivity contribution is -0.336. The van der Waals surface area contributed by atoms with Crippen molar-refractivity contribution in [2.75, 3.05) is 14.2 Å². The molecular formula is C17H15F5O3. The maximum absolute atomic E-state index is 14.4. The van der Waals surface area contributed by atoms with Crippen LogP contribution in [0.15, 0.2) is 48.5 Å². The SMILES string of the molecule is COc1cccc(C(O)(c2ccccc2OC)C(F)(F)C(F)(F)F)c1. The Kier molecular flexibility index (Phi) is 4.94. The average Bonchev–Trinajstić information content (AvgIpc) is 2.59. The van der Waals surface area contributed by atoms with E-state index in [4.69, 9.17) is 9.47 Å². The first-order chi connectivity index (χ1) is 11.6. The quantitative estimate of drug-likeness (QED) is 0.813. The van der Waals surface area contributed by atoms with Gasteiger partial charge in [-0.1, -0.05) is 30.3 Å². The predicted molar refractivity (Wildman–Crippen MR) is 80.0 cm³/mol. The molecule has 1 unspecified atom stereocenters. The van der Waals surface area contributed by atoms with E-state index in [9.17, 15) is 27.1 Å². The van der Waals surface area contributed by atoms with Crippen molar-refractivity contribution in [1.82, 2.24) is 0 Å². The van der Waals surface area contributed by atoms with Gasteiger partial charge < -0.3 is 14.6 Å². The zero-order valence-corrected chi connectivity index (χ0v) is 13.3. The molecule has 0 spiro atoms. The van der Waals surface area contributed by atoms with Crippen LogP contribution >= 0.6 is 0 Å². The van der Waals surface area contributed by atoms with Crippen LogP contribution in [0.5, 0.6) is 11.5 Å². The summed E-state index contributed by atoms with van der Waals surface area (Å²) in [6.45, 7) is 0. The number of benzene rings is 2. The van der Waals surface area contributed by atoms with Gasteiger partial charge in [-0.2, -0.15) is 22.0 Å². The average molecular weight is 362 g/mol. The summed E-state index contributed by atoms with van der Waals surface area (Å²) in [5.41, 5.74) is -5.11. The van der Waals surface area contributed by atoms with Crippen LogP contribution in [0, 0.1) is 0 Å². The number of ether oxygens (including phenoxy) is 2. The fourth-order valence-corrected chi connectivity index (χ4v) is 2.50. The van der Waals surface area contributed by atoms with Gasteiger partial charge in [-0.15, -0.1) is 0 Å². The second-order valence-corrected chi connectivity index (χ2v) is 5.21. The second kappa shape index (κ2) is 6.51. The van der Waals surface area contributed by atoms with E-state index in [-0.39, 0.29) is 11.5 Å². The minimum absolute atomic E-state index is 0.0174. The highest BCUT2D eigenvalue weighted by Gasteiger charge is 2.71. The van der Waals surface area contributed by atoms with Crippen molar-refractivity contribution in [3.8, 4) is 11.5 Å². The summed E-state index contributed by atoms with van der Waals surface area (Å²) in [5, 5.41) is 10.7. The Bertz CT molecular complexity index is 745. The van der Waals surface area contributed by atoms with Crippen molar-refractivity contribution in [3.05, 3.63) is 59.7 Å². The molecule has 2 rings (SSSR count). The molecule has 0 fully saturated rings. The topological polar surface area (TPSA) is 38.7 Å². The third kappa shape index (κ3) is 3.02. The van der Waals surface area contributed by atoms with Crippen molar-refractivity contribution in [1.29, 1.82) is 0 Å². The third-order valence-electron chi connectivity index (χ3n) is 3.79. The van der Waals surface area contributed by atoms with Crippen LogP contribution in [0.4, 0.5) is 22.0 Å². The molecule has 2 aromatic carbocycles. The Balaban J connectivity index is 2.85. The molecule has 0 aliphatic heterocycles. The fourth-order valence-electron chi connectivity index (χ4n) is 2.50. The van der Waals surface area contributed by atoms with Gasteiger partial charge in [0.15, 0.2) is 5.60 Å². The molecule has 0 aromatic heterocycles. The molecule has 0 heterocycles. The molecule has 1 N–H and O–H groups in total.